The molecule has 0 aliphatic carbocycles. The molecule has 1 aliphatic rings. The highest BCUT2D eigenvalue weighted by Crippen LogP contribution is 2.26. The predicted octanol–water partition coefficient (Wildman–Crippen LogP) is 3.33. The molecule has 0 saturated carbocycles. The van der Waals surface area contributed by atoms with Gasteiger partial charge in [-0.05, 0) is 43.0 Å². The molecule has 0 radical (unpaired) electrons. The van der Waals surface area contributed by atoms with Crippen LogP contribution in [0, 0.1) is 0 Å². The highest BCUT2D eigenvalue weighted by atomic mass is 35.5. The Labute approximate surface area is 90.5 Å². The number of hydrogen-bond acceptors (Lipinski definition) is 1. The van der Waals surface area contributed by atoms with E-state index >= 15 is 0 Å². The average molecular weight is 210 g/mol. The molecule has 1 nitrogen and oxygen atoms in total. The van der Waals surface area contributed by atoms with Gasteiger partial charge in [0, 0.05) is 11.1 Å². The van der Waals surface area contributed by atoms with E-state index in [1.54, 1.807) is 0 Å². The van der Waals surface area contributed by atoms with Gasteiger partial charge in [-0.2, -0.15) is 0 Å². The van der Waals surface area contributed by atoms with Gasteiger partial charge in [-0.1, -0.05) is 30.7 Å². The number of hydrogen-bond donors (Lipinski definition) is 1. The predicted molar refractivity (Wildman–Crippen MR) is 60.8 cm³/mol. The van der Waals surface area contributed by atoms with Crippen LogP contribution < -0.4 is 5.32 Å². The summed E-state index contributed by atoms with van der Waals surface area (Å²) in [6, 6.07) is 6.96. The molecule has 1 saturated heterocycles. The quantitative estimate of drug-likeness (QED) is 0.788. The van der Waals surface area contributed by atoms with Crippen LogP contribution in [-0.2, 0) is 6.42 Å². The summed E-state index contributed by atoms with van der Waals surface area (Å²) in [5.41, 5.74) is 2.65. The maximum absolute atomic E-state index is 6.08. The first-order valence-corrected chi connectivity index (χ1v) is 5.70. The van der Waals surface area contributed by atoms with E-state index < -0.39 is 0 Å². The first kappa shape index (κ1) is 10.0. The van der Waals surface area contributed by atoms with E-state index in [1.165, 1.54) is 24.0 Å². The van der Waals surface area contributed by atoms with Crippen LogP contribution in [0.2, 0.25) is 5.02 Å². The van der Waals surface area contributed by atoms with Crippen molar-refractivity contribution in [1.82, 2.24) is 5.32 Å². The van der Waals surface area contributed by atoms with E-state index in [0.717, 1.165) is 18.0 Å². The van der Waals surface area contributed by atoms with Crippen molar-refractivity contribution >= 4 is 11.6 Å². The first-order chi connectivity index (χ1) is 6.81. The maximum Gasteiger partial charge on any atom is 0.0438 e. The Morgan fingerprint density at radius 1 is 1.50 bits per heavy atom. The molecular weight excluding hydrogens is 194 g/mol. The molecule has 1 fully saturated rings. The summed E-state index contributed by atoms with van der Waals surface area (Å²) in [5.74, 6) is 0. The van der Waals surface area contributed by atoms with E-state index in [-0.39, 0.29) is 0 Å². The number of rotatable bonds is 2. The van der Waals surface area contributed by atoms with Crippen LogP contribution in [-0.4, -0.2) is 6.54 Å². The number of aryl methyl sites for hydroxylation is 1. The minimum Gasteiger partial charge on any atom is -0.310 e. The number of nitrogens with one attached hydrogen (secondary N) is 1. The van der Waals surface area contributed by atoms with E-state index in [1.807, 2.05) is 6.07 Å². The maximum atomic E-state index is 6.08. The van der Waals surface area contributed by atoms with Crippen molar-refractivity contribution in [2.75, 3.05) is 6.54 Å². The van der Waals surface area contributed by atoms with Gasteiger partial charge in [0.1, 0.15) is 0 Å². The van der Waals surface area contributed by atoms with Gasteiger partial charge in [0.15, 0.2) is 0 Å². The minimum atomic E-state index is 0.553. The second-order valence-corrected chi connectivity index (χ2v) is 4.26. The average Bonchev–Trinajstić information content (AvgIpc) is 2.71. The van der Waals surface area contributed by atoms with Gasteiger partial charge in [0.25, 0.3) is 0 Å². The van der Waals surface area contributed by atoms with Crippen LogP contribution in [0.1, 0.15) is 36.9 Å². The molecule has 76 valence electrons. The molecule has 1 atom stereocenters. The van der Waals surface area contributed by atoms with E-state index in [9.17, 15) is 0 Å². The zero-order chi connectivity index (χ0) is 9.97. The monoisotopic (exact) mass is 209 g/mol. The summed E-state index contributed by atoms with van der Waals surface area (Å²) in [5, 5.41) is 4.40. The van der Waals surface area contributed by atoms with Crippen molar-refractivity contribution < 1.29 is 0 Å². The largest absolute Gasteiger partial charge is 0.310 e. The second kappa shape index (κ2) is 4.33. The van der Waals surface area contributed by atoms with Crippen LogP contribution in [0.5, 0.6) is 0 Å². The Hall–Kier alpha value is -0.530. The Morgan fingerprint density at radius 3 is 3.00 bits per heavy atom. The fraction of sp³-hybridized carbons (Fsp3) is 0.500. The van der Waals surface area contributed by atoms with Crippen molar-refractivity contribution in [3.05, 3.63) is 34.3 Å². The van der Waals surface area contributed by atoms with Crippen LogP contribution in [0.3, 0.4) is 0 Å². The van der Waals surface area contributed by atoms with Gasteiger partial charge in [-0.25, -0.2) is 0 Å². The molecule has 0 aromatic heterocycles. The van der Waals surface area contributed by atoms with Crippen LogP contribution in [0.4, 0.5) is 0 Å². The normalized spacial score (nSPS) is 21.4. The molecule has 0 bridgehead atoms. The fourth-order valence-corrected chi connectivity index (χ4v) is 2.30. The summed E-state index contributed by atoms with van der Waals surface area (Å²) in [6.45, 7) is 3.29. The highest BCUT2D eigenvalue weighted by Gasteiger charge is 2.16. The summed E-state index contributed by atoms with van der Waals surface area (Å²) in [7, 11) is 0. The number of benzene rings is 1. The van der Waals surface area contributed by atoms with Crippen LogP contribution >= 0.6 is 11.6 Å². The van der Waals surface area contributed by atoms with Gasteiger partial charge >= 0.3 is 0 Å². The fourth-order valence-electron chi connectivity index (χ4n) is 2.05. The van der Waals surface area contributed by atoms with Gasteiger partial charge in [-0.3, -0.25) is 0 Å². The van der Waals surface area contributed by atoms with Crippen molar-refractivity contribution in [3.8, 4) is 0 Å². The van der Waals surface area contributed by atoms with Gasteiger partial charge in [0.05, 0.1) is 0 Å². The molecule has 1 N–H and O–H groups in total. The molecule has 2 rings (SSSR count). The second-order valence-electron chi connectivity index (χ2n) is 3.85. The third-order valence-electron chi connectivity index (χ3n) is 2.91. The van der Waals surface area contributed by atoms with Gasteiger partial charge < -0.3 is 5.32 Å². The lowest BCUT2D eigenvalue weighted by atomic mass is 10.0. The molecule has 1 aromatic rings. The van der Waals surface area contributed by atoms with Crippen molar-refractivity contribution in [3.63, 3.8) is 0 Å². The Morgan fingerprint density at radius 2 is 2.36 bits per heavy atom. The smallest absolute Gasteiger partial charge is 0.0438 e. The molecule has 2 heteroatoms. The SMILES string of the molecule is CCc1cc([C@@H]2CCCN2)ccc1Cl. The molecule has 1 aliphatic heterocycles. The lowest BCUT2D eigenvalue weighted by Crippen LogP contribution is -2.12. The lowest BCUT2D eigenvalue weighted by Gasteiger charge is -2.12. The molecule has 1 aromatic carbocycles. The van der Waals surface area contributed by atoms with Gasteiger partial charge in [0.2, 0.25) is 0 Å². The highest BCUT2D eigenvalue weighted by molar-refractivity contribution is 6.31. The van der Waals surface area contributed by atoms with E-state index in [0.29, 0.717) is 6.04 Å². The van der Waals surface area contributed by atoms with Crippen molar-refractivity contribution in [2.24, 2.45) is 0 Å². The molecule has 14 heavy (non-hydrogen) atoms. The van der Waals surface area contributed by atoms with E-state index in [4.69, 9.17) is 11.6 Å². The third-order valence-corrected chi connectivity index (χ3v) is 3.28. The first-order valence-electron chi connectivity index (χ1n) is 5.33. The Bertz CT molecular complexity index is 316. The molecular formula is C12H16ClN. The summed E-state index contributed by atoms with van der Waals surface area (Å²) in [4.78, 5) is 0. The minimum absolute atomic E-state index is 0.553. The Kier molecular flexibility index (Phi) is 3.09. The van der Waals surface area contributed by atoms with Crippen molar-refractivity contribution in [1.29, 1.82) is 0 Å². The zero-order valence-electron chi connectivity index (χ0n) is 8.52. The lowest BCUT2D eigenvalue weighted by molar-refractivity contribution is 0.647. The van der Waals surface area contributed by atoms with Crippen molar-refractivity contribution in [2.45, 2.75) is 32.2 Å². The molecule has 0 unspecified atom stereocenters. The summed E-state index contributed by atoms with van der Waals surface area (Å²) in [6.07, 6.45) is 3.55. The van der Waals surface area contributed by atoms with Crippen LogP contribution in [0.25, 0.3) is 0 Å². The molecule has 1 heterocycles. The standard InChI is InChI=1S/C12H16ClN/c1-2-9-8-10(5-6-11(9)13)12-4-3-7-14-12/h5-6,8,12,14H,2-4,7H2,1H3/t12-/m0/s1. The van der Waals surface area contributed by atoms with Crippen LogP contribution in [0.15, 0.2) is 18.2 Å². The zero-order valence-corrected chi connectivity index (χ0v) is 9.27. The van der Waals surface area contributed by atoms with Gasteiger partial charge in [-0.15, -0.1) is 0 Å². The summed E-state index contributed by atoms with van der Waals surface area (Å²) >= 11 is 6.08. The molecule has 0 amide bonds. The Balaban J connectivity index is 2.25. The summed E-state index contributed by atoms with van der Waals surface area (Å²) < 4.78 is 0. The topological polar surface area (TPSA) is 12.0 Å². The third kappa shape index (κ3) is 1.94. The van der Waals surface area contributed by atoms with E-state index in [2.05, 4.69) is 24.4 Å². The number of halogens is 1. The molecule has 0 spiro atoms.